The molecule has 1 N–H and O–H groups in total. The van der Waals surface area contributed by atoms with E-state index < -0.39 is 0 Å². The minimum Gasteiger partial charge on any atom is -0.348 e. The Morgan fingerprint density at radius 2 is 2.28 bits per heavy atom. The normalized spacial score (nSPS) is 14.5. The Hall–Kier alpha value is -2.24. The lowest BCUT2D eigenvalue weighted by atomic mass is 10.3. The van der Waals surface area contributed by atoms with Crippen molar-refractivity contribution in [1.82, 2.24) is 20.3 Å². The van der Waals surface area contributed by atoms with Crippen molar-refractivity contribution in [2.24, 2.45) is 0 Å². The number of halogens is 1. The zero-order valence-corrected chi connectivity index (χ0v) is 9.51. The largest absolute Gasteiger partial charge is 0.348 e. The van der Waals surface area contributed by atoms with E-state index in [0.717, 1.165) is 12.8 Å². The van der Waals surface area contributed by atoms with Crippen LogP contribution in [0.4, 0.5) is 4.39 Å². The van der Waals surface area contributed by atoms with Crippen LogP contribution in [0.25, 0.3) is 5.69 Å². The molecule has 0 radical (unpaired) electrons. The van der Waals surface area contributed by atoms with Gasteiger partial charge in [-0.15, -0.1) is 5.10 Å². The molecule has 1 aromatic carbocycles. The summed E-state index contributed by atoms with van der Waals surface area (Å²) in [5, 5.41) is 10.4. The Morgan fingerprint density at radius 3 is 3.00 bits per heavy atom. The first-order valence-corrected chi connectivity index (χ1v) is 5.71. The maximum absolute atomic E-state index is 13.1. The van der Waals surface area contributed by atoms with Gasteiger partial charge in [-0.1, -0.05) is 11.3 Å². The fraction of sp³-hybridized carbons (Fsp3) is 0.250. The van der Waals surface area contributed by atoms with Crippen molar-refractivity contribution in [1.29, 1.82) is 0 Å². The highest BCUT2D eigenvalue weighted by Gasteiger charge is 2.25. The van der Waals surface area contributed by atoms with Gasteiger partial charge in [-0.2, -0.15) is 0 Å². The Balaban J connectivity index is 1.82. The van der Waals surface area contributed by atoms with Crippen molar-refractivity contribution in [2.45, 2.75) is 18.9 Å². The van der Waals surface area contributed by atoms with Crippen molar-refractivity contribution in [3.63, 3.8) is 0 Å². The molecule has 1 heterocycles. The van der Waals surface area contributed by atoms with Crippen LogP contribution in [0.3, 0.4) is 0 Å². The van der Waals surface area contributed by atoms with E-state index in [9.17, 15) is 9.18 Å². The van der Waals surface area contributed by atoms with Gasteiger partial charge in [0.25, 0.3) is 5.91 Å². The SMILES string of the molecule is O=C(NC1CC1)c1cn(-c2cccc(F)c2)nn1. The molecule has 6 heteroatoms. The first-order valence-electron chi connectivity index (χ1n) is 5.71. The van der Waals surface area contributed by atoms with Crippen LogP contribution in [0.5, 0.6) is 0 Å². The van der Waals surface area contributed by atoms with Gasteiger partial charge in [0.05, 0.1) is 11.9 Å². The second kappa shape index (κ2) is 4.21. The Labute approximate surface area is 103 Å². The van der Waals surface area contributed by atoms with Gasteiger partial charge in [0.15, 0.2) is 5.69 Å². The van der Waals surface area contributed by atoms with Gasteiger partial charge < -0.3 is 5.32 Å². The number of hydrogen-bond donors (Lipinski definition) is 1. The second-order valence-corrected chi connectivity index (χ2v) is 4.28. The van der Waals surface area contributed by atoms with Crippen molar-refractivity contribution in [3.05, 3.63) is 42.0 Å². The van der Waals surface area contributed by atoms with Gasteiger partial charge in [0, 0.05) is 6.04 Å². The molecule has 18 heavy (non-hydrogen) atoms. The highest BCUT2D eigenvalue weighted by atomic mass is 19.1. The maximum Gasteiger partial charge on any atom is 0.273 e. The molecular weight excluding hydrogens is 235 g/mol. The lowest BCUT2D eigenvalue weighted by molar-refractivity contribution is 0.0946. The molecule has 1 fully saturated rings. The summed E-state index contributed by atoms with van der Waals surface area (Å²) in [6.07, 6.45) is 3.53. The molecule has 2 aromatic rings. The van der Waals surface area contributed by atoms with E-state index in [-0.39, 0.29) is 23.5 Å². The van der Waals surface area contributed by atoms with Crippen LogP contribution < -0.4 is 5.32 Å². The number of nitrogens with zero attached hydrogens (tertiary/aromatic N) is 3. The third kappa shape index (κ3) is 2.22. The minimum atomic E-state index is -0.355. The van der Waals surface area contributed by atoms with Crippen LogP contribution in [-0.4, -0.2) is 26.9 Å². The topological polar surface area (TPSA) is 59.8 Å². The number of carbonyl (C=O) groups excluding carboxylic acids is 1. The van der Waals surface area contributed by atoms with Crippen LogP contribution in [-0.2, 0) is 0 Å². The molecule has 1 saturated carbocycles. The minimum absolute atomic E-state index is 0.236. The van der Waals surface area contributed by atoms with Gasteiger partial charge in [0.1, 0.15) is 5.82 Å². The summed E-state index contributed by atoms with van der Waals surface area (Å²) in [7, 11) is 0. The molecule has 1 aliphatic rings. The maximum atomic E-state index is 13.1. The Kier molecular flexibility index (Phi) is 2.55. The van der Waals surface area contributed by atoms with Crippen molar-refractivity contribution in [3.8, 4) is 5.69 Å². The summed E-state index contributed by atoms with van der Waals surface area (Å²) < 4.78 is 14.4. The lowest BCUT2D eigenvalue weighted by Gasteiger charge is -1.99. The monoisotopic (exact) mass is 246 g/mol. The highest BCUT2D eigenvalue weighted by molar-refractivity contribution is 5.92. The van der Waals surface area contributed by atoms with Gasteiger partial charge in [-0.25, -0.2) is 9.07 Å². The third-order valence-corrected chi connectivity index (χ3v) is 2.71. The highest BCUT2D eigenvalue weighted by Crippen LogP contribution is 2.19. The molecule has 1 aromatic heterocycles. The first-order chi connectivity index (χ1) is 8.72. The van der Waals surface area contributed by atoms with Crippen LogP contribution in [0.2, 0.25) is 0 Å². The molecule has 0 saturated heterocycles. The van der Waals surface area contributed by atoms with Crippen molar-refractivity contribution in [2.75, 3.05) is 0 Å². The van der Waals surface area contributed by atoms with Gasteiger partial charge in [-0.05, 0) is 31.0 Å². The molecule has 0 bridgehead atoms. The molecule has 0 atom stereocenters. The van der Waals surface area contributed by atoms with Crippen molar-refractivity contribution >= 4 is 5.91 Å². The van der Waals surface area contributed by atoms with E-state index in [1.807, 2.05) is 0 Å². The predicted molar refractivity (Wildman–Crippen MR) is 61.8 cm³/mol. The van der Waals surface area contributed by atoms with Crippen LogP contribution in [0.1, 0.15) is 23.3 Å². The molecule has 3 rings (SSSR count). The lowest BCUT2D eigenvalue weighted by Crippen LogP contribution is -2.25. The summed E-state index contributed by atoms with van der Waals surface area (Å²) in [6.45, 7) is 0. The first kappa shape index (κ1) is 10.9. The van der Waals surface area contributed by atoms with Crippen LogP contribution >= 0.6 is 0 Å². The average molecular weight is 246 g/mol. The molecular formula is C12H11FN4O. The molecule has 1 aliphatic carbocycles. The molecule has 5 nitrogen and oxygen atoms in total. The third-order valence-electron chi connectivity index (χ3n) is 2.71. The van der Waals surface area contributed by atoms with E-state index in [0.29, 0.717) is 5.69 Å². The number of nitrogens with one attached hydrogen (secondary N) is 1. The van der Waals surface area contributed by atoms with E-state index >= 15 is 0 Å². The molecule has 0 aliphatic heterocycles. The smallest absolute Gasteiger partial charge is 0.273 e. The number of rotatable bonds is 3. The fourth-order valence-corrected chi connectivity index (χ4v) is 1.60. The van der Waals surface area contributed by atoms with Crippen LogP contribution in [0, 0.1) is 5.82 Å². The summed E-state index contributed by atoms with van der Waals surface area (Å²) in [6, 6.07) is 6.23. The second-order valence-electron chi connectivity index (χ2n) is 4.28. The molecule has 0 unspecified atom stereocenters. The van der Waals surface area contributed by atoms with E-state index in [4.69, 9.17) is 0 Å². The summed E-state index contributed by atoms with van der Waals surface area (Å²) in [4.78, 5) is 11.7. The fourth-order valence-electron chi connectivity index (χ4n) is 1.60. The predicted octanol–water partition coefficient (Wildman–Crippen LogP) is 1.30. The van der Waals surface area contributed by atoms with E-state index in [1.165, 1.54) is 23.0 Å². The van der Waals surface area contributed by atoms with E-state index in [2.05, 4.69) is 15.6 Å². The number of carbonyl (C=O) groups is 1. The van der Waals surface area contributed by atoms with Crippen LogP contribution in [0.15, 0.2) is 30.5 Å². The summed E-state index contributed by atoms with van der Waals surface area (Å²) in [5.41, 5.74) is 0.777. The molecule has 92 valence electrons. The van der Waals surface area contributed by atoms with Gasteiger partial charge >= 0.3 is 0 Å². The van der Waals surface area contributed by atoms with E-state index in [1.54, 1.807) is 12.1 Å². The number of aromatic nitrogens is 3. The summed E-state index contributed by atoms with van der Waals surface area (Å²) >= 11 is 0. The van der Waals surface area contributed by atoms with Gasteiger partial charge in [-0.3, -0.25) is 4.79 Å². The molecule has 0 spiro atoms. The van der Waals surface area contributed by atoms with Crippen molar-refractivity contribution < 1.29 is 9.18 Å². The Bertz CT molecular complexity index is 591. The Morgan fingerprint density at radius 1 is 1.44 bits per heavy atom. The average Bonchev–Trinajstić information content (AvgIpc) is 3.03. The van der Waals surface area contributed by atoms with Gasteiger partial charge in [0.2, 0.25) is 0 Å². The molecule has 1 amide bonds. The number of hydrogen-bond acceptors (Lipinski definition) is 3. The standard InChI is InChI=1S/C12H11FN4O/c13-8-2-1-3-10(6-8)17-7-11(15-16-17)12(18)14-9-4-5-9/h1-3,6-7,9H,4-5H2,(H,14,18). The summed E-state index contributed by atoms with van der Waals surface area (Å²) in [5.74, 6) is -0.591. The number of amides is 1. The number of benzene rings is 1. The quantitative estimate of drug-likeness (QED) is 0.888. The zero-order valence-electron chi connectivity index (χ0n) is 9.51. The zero-order chi connectivity index (χ0) is 12.5.